The van der Waals surface area contributed by atoms with Gasteiger partial charge in [0, 0.05) is 11.4 Å². The number of likely N-dealkylation sites (N-methyl/N-ethyl adjacent to an activating group) is 1. The summed E-state index contributed by atoms with van der Waals surface area (Å²) in [6.45, 7) is 0.545. The Kier molecular flexibility index (Phi) is 6.16. The molecular weight excluding hydrogens is 310 g/mol. The van der Waals surface area contributed by atoms with Crippen LogP contribution in [0.5, 0.6) is 0 Å². The lowest BCUT2D eigenvalue weighted by Gasteiger charge is -2.20. The monoisotopic (exact) mass is 330 g/mol. The van der Waals surface area contributed by atoms with Gasteiger partial charge >= 0.3 is 0 Å². The Hall–Kier alpha value is -1.18. The van der Waals surface area contributed by atoms with Crippen LogP contribution in [0.4, 0.5) is 14.5 Å². The molecule has 0 aromatic heterocycles. The van der Waals surface area contributed by atoms with Crippen LogP contribution in [0.25, 0.3) is 0 Å². The fourth-order valence-electron chi connectivity index (χ4n) is 2.22. The average Bonchev–Trinajstić information content (AvgIpc) is 3.24. The highest BCUT2D eigenvalue weighted by Crippen LogP contribution is 2.33. The van der Waals surface area contributed by atoms with E-state index in [1.54, 1.807) is 36.2 Å². The van der Waals surface area contributed by atoms with E-state index in [1.165, 1.54) is 0 Å². The summed E-state index contributed by atoms with van der Waals surface area (Å²) in [5.74, 6) is -2.46. The molecule has 1 aromatic carbocycles. The van der Waals surface area contributed by atoms with Gasteiger partial charge in [0.25, 0.3) is 5.76 Å². The van der Waals surface area contributed by atoms with Gasteiger partial charge in [0.05, 0.1) is 18.3 Å². The highest BCUT2D eigenvalue weighted by atomic mass is 32.2. The minimum absolute atomic E-state index is 0.109. The van der Waals surface area contributed by atoms with Crippen molar-refractivity contribution in [3.63, 3.8) is 0 Å². The maximum Gasteiger partial charge on any atom is 0.288 e. The molecule has 2 N–H and O–H groups in total. The van der Waals surface area contributed by atoms with Crippen LogP contribution >= 0.6 is 11.8 Å². The van der Waals surface area contributed by atoms with Gasteiger partial charge in [0.2, 0.25) is 5.91 Å². The molecule has 4 nitrogen and oxygen atoms in total. The number of thioether (sulfide) groups is 1. The molecule has 0 radical (unpaired) electrons. The number of nitrogens with one attached hydrogen (secondary N) is 1. The van der Waals surface area contributed by atoms with E-state index in [2.05, 4.69) is 5.32 Å². The molecule has 0 heterocycles. The van der Waals surface area contributed by atoms with Crippen LogP contribution in [0.1, 0.15) is 12.8 Å². The molecule has 1 aliphatic rings. The van der Waals surface area contributed by atoms with Gasteiger partial charge in [-0.25, -0.2) is 0 Å². The standard InChI is InChI=1S/C15H20F2N2O2S/c1-19(8-12(20)10-6-7-10)9-14(21)18-11-4-2-3-5-13(11)22-15(16)17/h2-5,10,12,15,20H,6-9H2,1H3,(H,18,21). The van der Waals surface area contributed by atoms with Crippen LogP contribution in [-0.2, 0) is 4.79 Å². The summed E-state index contributed by atoms with van der Waals surface area (Å²) in [7, 11) is 1.75. The Bertz CT molecular complexity index is 512. The molecule has 1 amide bonds. The molecule has 22 heavy (non-hydrogen) atoms. The third kappa shape index (κ3) is 5.55. The SMILES string of the molecule is CN(CC(=O)Nc1ccccc1SC(F)F)CC(O)C1CC1. The summed E-state index contributed by atoms with van der Waals surface area (Å²) in [5.41, 5.74) is 0.383. The minimum Gasteiger partial charge on any atom is -0.392 e. The Labute approximate surface area is 132 Å². The predicted octanol–water partition coefficient (Wildman–Crippen LogP) is 2.64. The van der Waals surface area contributed by atoms with E-state index in [9.17, 15) is 18.7 Å². The van der Waals surface area contributed by atoms with Gasteiger partial charge in [0.15, 0.2) is 0 Å². The molecule has 1 fully saturated rings. The minimum atomic E-state index is -2.53. The van der Waals surface area contributed by atoms with E-state index in [0.717, 1.165) is 12.8 Å². The van der Waals surface area contributed by atoms with Crippen molar-refractivity contribution in [2.75, 3.05) is 25.5 Å². The van der Waals surface area contributed by atoms with E-state index >= 15 is 0 Å². The predicted molar refractivity (Wildman–Crippen MR) is 83.2 cm³/mol. The second kappa shape index (κ2) is 7.89. The zero-order valence-electron chi connectivity index (χ0n) is 12.3. The largest absolute Gasteiger partial charge is 0.392 e. The number of aliphatic hydroxyl groups excluding tert-OH is 1. The van der Waals surface area contributed by atoms with Gasteiger partial charge in [0.1, 0.15) is 0 Å². The number of aliphatic hydroxyl groups is 1. The van der Waals surface area contributed by atoms with Crippen LogP contribution in [0.3, 0.4) is 0 Å². The quantitative estimate of drug-likeness (QED) is 0.720. The summed E-state index contributed by atoms with van der Waals surface area (Å²) < 4.78 is 25.0. The number of rotatable bonds is 8. The van der Waals surface area contributed by atoms with Crippen molar-refractivity contribution in [2.45, 2.75) is 29.6 Å². The van der Waals surface area contributed by atoms with Crippen molar-refractivity contribution in [1.82, 2.24) is 4.90 Å². The summed E-state index contributed by atoms with van der Waals surface area (Å²) in [5, 5.41) is 12.5. The van der Waals surface area contributed by atoms with Crippen LogP contribution in [0.15, 0.2) is 29.2 Å². The Morgan fingerprint density at radius 2 is 2.14 bits per heavy atom. The number of anilines is 1. The summed E-state index contributed by atoms with van der Waals surface area (Å²) in [4.78, 5) is 14.1. The smallest absolute Gasteiger partial charge is 0.288 e. The van der Waals surface area contributed by atoms with Crippen molar-refractivity contribution in [2.24, 2.45) is 5.92 Å². The molecule has 1 aliphatic carbocycles. The number of hydrogen-bond donors (Lipinski definition) is 2. The first-order chi connectivity index (χ1) is 10.5. The van der Waals surface area contributed by atoms with Crippen LogP contribution in [0.2, 0.25) is 0 Å². The summed E-state index contributed by atoms with van der Waals surface area (Å²) in [6.07, 6.45) is 1.68. The second-order valence-corrected chi connectivity index (χ2v) is 6.56. The van der Waals surface area contributed by atoms with Gasteiger partial charge in [-0.15, -0.1) is 0 Å². The number of nitrogens with zero attached hydrogens (tertiary/aromatic N) is 1. The lowest BCUT2D eigenvalue weighted by atomic mass is 10.2. The number of amides is 1. The van der Waals surface area contributed by atoms with Crippen molar-refractivity contribution in [3.05, 3.63) is 24.3 Å². The van der Waals surface area contributed by atoms with Crippen molar-refractivity contribution in [3.8, 4) is 0 Å². The highest BCUT2D eigenvalue weighted by Gasteiger charge is 2.30. The molecule has 1 saturated carbocycles. The molecule has 0 aliphatic heterocycles. The van der Waals surface area contributed by atoms with Crippen molar-refractivity contribution < 1.29 is 18.7 Å². The lowest BCUT2D eigenvalue weighted by molar-refractivity contribution is -0.117. The fourth-order valence-corrected chi connectivity index (χ4v) is 2.81. The van der Waals surface area contributed by atoms with Crippen LogP contribution in [-0.4, -0.2) is 47.9 Å². The van der Waals surface area contributed by atoms with Gasteiger partial charge in [-0.3, -0.25) is 9.69 Å². The third-order valence-corrected chi connectivity index (χ3v) is 4.24. The highest BCUT2D eigenvalue weighted by molar-refractivity contribution is 7.99. The molecule has 0 spiro atoms. The third-order valence-electron chi connectivity index (χ3n) is 3.46. The van der Waals surface area contributed by atoms with Gasteiger partial charge < -0.3 is 10.4 Å². The van der Waals surface area contributed by atoms with E-state index in [4.69, 9.17) is 0 Å². The molecule has 0 bridgehead atoms. The first-order valence-corrected chi connectivity index (χ1v) is 8.04. The van der Waals surface area contributed by atoms with E-state index in [-0.39, 0.29) is 12.5 Å². The number of hydrogen-bond acceptors (Lipinski definition) is 4. The molecule has 0 saturated heterocycles. The second-order valence-electron chi connectivity index (χ2n) is 5.52. The maximum atomic E-state index is 12.5. The van der Waals surface area contributed by atoms with Crippen molar-refractivity contribution >= 4 is 23.4 Å². The Balaban J connectivity index is 1.85. The normalized spacial score (nSPS) is 16.1. The fraction of sp³-hybridized carbons (Fsp3) is 0.533. The summed E-state index contributed by atoms with van der Waals surface area (Å²) >= 11 is 0.407. The van der Waals surface area contributed by atoms with E-state index < -0.39 is 11.9 Å². The molecular formula is C15H20F2N2O2S. The molecule has 1 aromatic rings. The number of halogens is 2. The van der Waals surface area contributed by atoms with Crippen LogP contribution in [0, 0.1) is 5.92 Å². The van der Waals surface area contributed by atoms with Gasteiger partial charge in [-0.2, -0.15) is 8.78 Å². The number of carbonyl (C=O) groups is 1. The zero-order valence-corrected chi connectivity index (χ0v) is 13.2. The maximum absolute atomic E-state index is 12.5. The summed E-state index contributed by atoms with van der Waals surface area (Å²) in [6, 6.07) is 6.48. The topological polar surface area (TPSA) is 52.6 Å². The van der Waals surface area contributed by atoms with Gasteiger partial charge in [-0.1, -0.05) is 23.9 Å². The zero-order chi connectivity index (χ0) is 16.1. The molecule has 122 valence electrons. The molecule has 2 rings (SSSR count). The first kappa shape index (κ1) is 17.2. The Morgan fingerprint density at radius 3 is 2.77 bits per heavy atom. The Morgan fingerprint density at radius 1 is 1.45 bits per heavy atom. The molecule has 1 unspecified atom stereocenters. The van der Waals surface area contributed by atoms with Gasteiger partial charge in [-0.05, 0) is 37.9 Å². The first-order valence-electron chi connectivity index (χ1n) is 7.16. The molecule has 7 heteroatoms. The van der Waals surface area contributed by atoms with E-state index in [0.29, 0.717) is 34.8 Å². The van der Waals surface area contributed by atoms with Crippen LogP contribution < -0.4 is 5.32 Å². The number of para-hydroxylation sites is 1. The average molecular weight is 330 g/mol. The number of carbonyl (C=O) groups excluding carboxylic acids is 1. The van der Waals surface area contributed by atoms with Crippen molar-refractivity contribution in [1.29, 1.82) is 0 Å². The number of alkyl halides is 2. The molecule has 1 atom stereocenters. The number of benzene rings is 1. The lowest BCUT2D eigenvalue weighted by Crippen LogP contribution is -2.36. The van der Waals surface area contributed by atoms with E-state index in [1.807, 2.05) is 0 Å².